The summed E-state index contributed by atoms with van der Waals surface area (Å²) in [7, 11) is 1.49. The lowest BCUT2D eigenvalue weighted by atomic mass is 9.95. The fourth-order valence-corrected chi connectivity index (χ4v) is 3.49. The van der Waals surface area contributed by atoms with Crippen molar-refractivity contribution < 1.29 is 9.59 Å². The Balaban J connectivity index is 1.63. The molecule has 0 atom stereocenters. The summed E-state index contributed by atoms with van der Waals surface area (Å²) in [4.78, 5) is 33.9. The molecule has 1 aromatic rings. The van der Waals surface area contributed by atoms with Crippen LogP contribution in [0.2, 0.25) is 5.02 Å². The van der Waals surface area contributed by atoms with Gasteiger partial charge in [0.15, 0.2) is 0 Å². The van der Waals surface area contributed by atoms with Crippen LogP contribution in [0.4, 0.5) is 0 Å². The average molecular weight is 342 g/mol. The number of amides is 1. The van der Waals surface area contributed by atoms with Crippen LogP contribution in [0.1, 0.15) is 5.56 Å². The van der Waals surface area contributed by atoms with Gasteiger partial charge in [-0.25, -0.2) is 0 Å². The average Bonchev–Trinajstić information content (AvgIpc) is 3.20. The highest BCUT2D eigenvalue weighted by molar-refractivity contribution is 6.64. The molecule has 1 radical (unpaired) electrons. The molecule has 0 bridgehead atoms. The molecule has 0 N–H and O–H groups in total. The second-order valence-electron chi connectivity index (χ2n) is 5.97. The zero-order chi connectivity index (χ0) is 16.7. The molecule has 121 valence electrons. The summed E-state index contributed by atoms with van der Waals surface area (Å²) >= 11 is 5.93. The maximum atomic E-state index is 13.0. The molecule has 1 amide bonds. The van der Waals surface area contributed by atoms with Crippen molar-refractivity contribution in [3.05, 3.63) is 46.1 Å². The lowest BCUT2D eigenvalue weighted by Crippen LogP contribution is -2.49. The van der Waals surface area contributed by atoms with E-state index in [1.807, 2.05) is 29.1 Å². The van der Waals surface area contributed by atoms with E-state index in [-0.39, 0.29) is 5.91 Å². The molecule has 0 unspecified atom stereocenters. The number of halogens is 1. The number of guanidine groups is 1. The van der Waals surface area contributed by atoms with Gasteiger partial charge in [0, 0.05) is 30.4 Å². The third-order valence-corrected chi connectivity index (χ3v) is 4.73. The van der Waals surface area contributed by atoms with Crippen LogP contribution in [0.5, 0.6) is 0 Å². The van der Waals surface area contributed by atoms with Gasteiger partial charge in [-0.15, -0.1) is 0 Å². The summed E-state index contributed by atoms with van der Waals surface area (Å²) in [5.74, 6) is 0.681. The molecule has 0 spiro atoms. The molecule has 0 fully saturated rings. The molecule has 3 heterocycles. The lowest BCUT2D eigenvalue weighted by molar-refractivity contribution is -0.124. The Morgan fingerprint density at radius 1 is 1.25 bits per heavy atom. The van der Waals surface area contributed by atoms with Crippen LogP contribution in [-0.4, -0.2) is 66.3 Å². The van der Waals surface area contributed by atoms with E-state index in [1.54, 1.807) is 4.90 Å². The zero-order valence-electron chi connectivity index (χ0n) is 13.0. The molecule has 0 saturated heterocycles. The molecule has 3 aliphatic heterocycles. The Morgan fingerprint density at radius 2 is 2.04 bits per heavy atom. The smallest absolute Gasteiger partial charge is 0.293 e. The first-order valence-electron chi connectivity index (χ1n) is 7.80. The van der Waals surface area contributed by atoms with Crippen molar-refractivity contribution in [3.8, 4) is 0 Å². The Kier molecular flexibility index (Phi) is 3.90. The fourth-order valence-electron chi connectivity index (χ4n) is 3.36. The number of nitrogens with zero attached hydrogens (tertiary/aromatic N) is 4. The number of hydrogen-bond acceptors (Lipinski definition) is 5. The van der Waals surface area contributed by atoms with Gasteiger partial charge in [0.2, 0.25) is 5.96 Å². The molecule has 0 aromatic heterocycles. The monoisotopic (exact) mass is 341 g/mol. The summed E-state index contributed by atoms with van der Waals surface area (Å²) in [6.07, 6.45) is 0.757. The highest BCUT2D eigenvalue weighted by atomic mass is 35.5. The van der Waals surface area contributed by atoms with Gasteiger partial charge in [-0.2, -0.15) is 0 Å². The predicted molar refractivity (Wildman–Crippen MR) is 92.1 cm³/mol. The minimum atomic E-state index is -0.0290. The van der Waals surface area contributed by atoms with Crippen molar-refractivity contribution in [3.63, 3.8) is 0 Å². The van der Waals surface area contributed by atoms with Crippen molar-refractivity contribution >= 4 is 37.1 Å². The van der Waals surface area contributed by atoms with Gasteiger partial charge in [0.1, 0.15) is 0 Å². The van der Waals surface area contributed by atoms with Gasteiger partial charge in [-0.3, -0.25) is 14.7 Å². The van der Waals surface area contributed by atoms with Gasteiger partial charge < -0.3 is 14.5 Å². The topological polar surface area (TPSA) is 56.2 Å². The highest BCUT2D eigenvalue weighted by Crippen LogP contribution is 2.31. The SMILES string of the molecule is O=C[B]N1CC2=C(C1)N1CCN=C1N(Cc1ccc(Cl)cc1)C2=O. The van der Waals surface area contributed by atoms with Crippen molar-refractivity contribution in [1.82, 2.24) is 14.6 Å². The summed E-state index contributed by atoms with van der Waals surface area (Å²) < 4.78 is 0. The standard InChI is InChI=1S/C16H15BClN4O2/c18-12-3-1-11(2-4-12)7-22-15(24)13-8-20(17-10-23)9-14(13)21-6-5-19-16(21)22/h1-4,10H,5-9H2. The summed E-state index contributed by atoms with van der Waals surface area (Å²) in [5, 5.41) is 0.671. The molecule has 6 nitrogen and oxygen atoms in total. The highest BCUT2D eigenvalue weighted by Gasteiger charge is 2.42. The number of benzene rings is 1. The van der Waals surface area contributed by atoms with Gasteiger partial charge in [0.25, 0.3) is 13.3 Å². The number of carbonyl (C=O) groups is 2. The summed E-state index contributed by atoms with van der Waals surface area (Å²) in [5.41, 5.74) is 2.73. The number of carbonyl (C=O) groups excluding carboxylic acids is 2. The van der Waals surface area contributed by atoms with Gasteiger partial charge in [-0.05, 0) is 17.7 Å². The molecule has 24 heavy (non-hydrogen) atoms. The van der Waals surface area contributed by atoms with Crippen LogP contribution < -0.4 is 0 Å². The van der Waals surface area contributed by atoms with Crippen LogP contribution in [0.3, 0.4) is 0 Å². The number of aliphatic imine (C=N–C) groups is 1. The quantitative estimate of drug-likeness (QED) is 0.598. The van der Waals surface area contributed by atoms with E-state index < -0.39 is 0 Å². The largest absolute Gasteiger partial charge is 0.331 e. The fraction of sp³-hybridized carbons (Fsp3) is 0.312. The Hall–Kier alpha value is -2.12. The molecular formula is C16H15BClN4O2. The second kappa shape index (κ2) is 6.07. The van der Waals surface area contributed by atoms with Crippen LogP contribution in [0.15, 0.2) is 40.5 Å². The Labute approximate surface area is 145 Å². The minimum Gasteiger partial charge on any atom is -0.331 e. The molecule has 0 saturated carbocycles. The molecule has 4 rings (SSSR count). The number of rotatable bonds is 4. The predicted octanol–water partition coefficient (Wildman–Crippen LogP) is 0.733. The summed E-state index contributed by atoms with van der Waals surface area (Å²) in [6, 6.07) is 7.47. The van der Waals surface area contributed by atoms with E-state index in [4.69, 9.17) is 11.6 Å². The Bertz CT molecular complexity index is 762. The van der Waals surface area contributed by atoms with Crippen molar-refractivity contribution in [2.45, 2.75) is 6.54 Å². The van der Waals surface area contributed by atoms with Gasteiger partial charge >= 0.3 is 0 Å². The molecule has 1 aromatic carbocycles. The van der Waals surface area contributed by atoms with Crippen LogP contribution in [0, 0.1) is 0 Å². The van der Waals surface area contributed by atoms with Crippen molar-refractivity contribution in [2.75, 3.05) is 26.2 Å². The van der Waals surface area contributed by atoms with E-state index in [0.717, 1.165) is 29.6 Å². The summed E-state index contributed by atoms with van der Waals surface area (Å²) in [6.45, 7) is 2.95. The molecule has 3 aliphatic rings. The lowest BCUT2D eigenvalue weighted by Gasteiger charge is -2.35. The third kappa shape index (κ3) is 2.54. The zero-order valence-corrected chi connectivity index (χ0v) is 13.7. The normalized spacial score (nSPS) is 20.2. The Morgan fingerprint density at radius 3 is 2.79 bits per heavy atom. The number of fused-ring (bicyclic) bond motifs is 2. The van der Waals surface area contributed by atoms with E-state index in [1.165, 1.54) is 7.41 Å². The van der Waals surface area contributed by atoms with Gasteiger partial charge in [0.05, 0.1) is 24.8 Å². The van der Waals surface area contributed by atoms with Crippen LogP contribution >= 0.6 is 11.6 Å². The van der Waals surface area contributed by atoms with E-state index in [0.29, 0.717) is 37.2 Å². The second-order valence-corrected chi connectivity index (χ2v) is 6.40. The van der Waals surface area contributed by atoms with Gasteiger partial charge in [-0.1, -0.05) is 23.7 Å². The molecule has 0 aliphatic carbocycles. The van der Waals surface area contributed by atoms with E-state index in [2.05, 4.69) is 9.89 Å². The van der Waals surface area contributed by atoms with E-state index >= 15 is 0 Å². The van der Waals surface area contributed by atoms with Crippen molar-refractivity contribution in [1.29, 1.82) is 0 Å². The first kappa shape index (κ1) is 15.4. The first-order valence-corrected chi connectivity index (χ1v) is 8.18. The van der Waals surface area contributed by atoms with Crippen LogP contribution in [0.25, 0.3) is 0 Å². The maximum absolute atomic E-state index is 13.0. The molecular weight excluding hydrogens is 326 g/mol. The third-order valence-electron chi connectivity index (χ3n) is 4.48. The minimum absolute atomic E-state index is 0.0290. The maximum Gasteiger partial charge on any atom is 0.293 e. The van der Waals surface area contributed by atoms with Crippen LogP contribution in [-0.2, 0) is 16.1 Å². The van der Waals surface area contributed by atoms with E-state index in [9.17, 15) is 9.59 Å². The number of hydrogen-bond donors (Lipinski definition) is 0. The van der Waals surface area contributed by atoms with Crippen molar-refractivity contribution in [2.24, 2.45) is 4.99 Å². The molecule has 8 heteroatoms. The first-order chi connectivity index (χ1) is 11.7.